The number of hydrogen-bond donors (Lipinski definition) is 2. The van der Waals surface area contributed by atoms with Gasteiger partial charge in [-0.25, -0.2) is 4.98 Å². The van der Waals surface area contributed by atoms with Gasteiger partial charge in [0.2, 0.25) is 0 Å². The molecular weight excluding hydrogens is 208 g/mol. The quantitative estimate of drug-likeness (QED) is 0.752. The van der Waals surface area contributed by atoms with E-state index in [0.717, 1.165) is 24.5 Å². The SMILES string of the molecule is COC1(c2n[nH]c(CCN)n2)CCOCC1. The highest BCUT2D eigenvalue weighted by Crippen LogP contribution is 2.32. The average molecular weight is 226 g/mol. The van der Waals surface area contributed by atoms with Gasteiger partial charge in [-0.3, -0.25) is 5.10 Å². The summed E-state index contributed by atoms with van der Waals surface area (Å²) in [5, 5.41) is 7.13. The number of methoxy groups -OCH3 is 1. The van der Waals surface area contributed by atoms with Crippen molar-refractivity contribution in [3.8, 4) is 0 Å². The minimum atomic E-state index is -0.387. The highest BCUT2D eigenvalue weighted by molar-refractivity contribution is 5.04. The van der Waals surface area contributed by atoms with Crippen molar-refractivity contribution >= 4 is 0 Å². The number of ether oxygens (including phenoxy) is 2. The summed E-state index contributed by atoms with van der Waals surface area (Å²) in [5.41, 5.74) is 5.09. The molecule has 1 fully saturated rings. The van der Waals surface area contributed by atoms with Gasteiger partial charge in [-0.1, -0.05) is 0 Å². The highest BCUT2D eigenvalue weighted by atomic mass is 16.5. The third kappa shape index (κ3) is 2.09. The summed E-state index contributed by atoms with van der Waals surface area (Å²) in [6.07, 6.45) is 2.30. The van der Waals surface area contributed by atoms with E-state index in [-0.39, 0.29) is 5.60 Å². The third-order valence-corrected chi connectivity index (χ3v) is 3.01. The maximum atomic E-state index is 5.60. The number of aromatic nitrogens is 3. The van der Waals surface area contributed by atoms with Crippen molar-refractivity contribution in [2.24, 2.45) is 5.73 Å². The fraction of sp³-hybridized carbons (Fsp3) is 0.800. The Labute approximate surface area is 94.5 Å². The van der Waals surface area contributed by atoms with Crippen LogP contribution < -0.4 is 5.73 Å². The molecule has 0 radical (unpaired) electrons. The maximum absolute atomic E-state index is 5.60. The lowest BCUT2D eigenvalue weighted by molar-refractivity contribution is -0.0998. The molecule has 2 rings (SSSR count). The van der Waals surface area contributed by atoms with E-state index in [4.69, 9.17) is 15.2 Å². The minimum absolute atomic E-state index is 0.387. The van der Waals surface area contributed by atoms with Gasteiger partial charge < -0.3 is 15.2 Å². The van der Waals surface area contributed by atoms with Crippen molar-refractivity contribution in [1.29, 1.82) is 0 Å². The molecule has 0 amide bonds. The number of nitrogens with two attached hydrogens (primary N) is 1. The normalized spacial score (nSPS) is 19.9. The van der Waals surface area contributed by atoms with Crippen molar-refractivity contribution in [2.75, 3.05) is 26.9 Å². The van der Waals surface area contributed by atoms with Crippen LogP contribution in [0.5, 0.6) is 0 Å². The molecule has 1 aromatic rings. The number of aromatic amines is 1. The zero-order valence-electron chi connectivity index (χ0n) is 9.53. The van der Waals surface area contributed by atoms with E-state index in [0.29, 0.717) is 26.2 Å². The van der Waals surface area contributed by atoms with Crippen LogP contribution in [0.2, 0.25) is 0 Å². The zero-order valence-corrected chi connectivity index (χ0v) is 9.53. The second-order valence-electron chi connectivity index (χ2n) is 3.96. The maximum Gasteiger partial charge on any atom is 0.182 e. The lowest BCUT2D eigenvalue weighted by Gasteiger charge is -2.33. The number of H-pyrrole nitrogens is 1. The smallest absolute Gasteiger partial charge is 0.182 e. The molecule has 1 aliphatic rings. The van der Waals surface area contributed by atoms with Gasteiger partial charge in [-0.15, -0.1) is 0 Å². The minimum Gasteiger partial charge on any atom is -0.381 e. The zero-order chi connectivity index (χ0) is 11.4. The van der Waals surface area contributed by atoms with Crippen LogP contribution in [0.25, 0.3) is 0 Å². The second kappa shape index (κ2) is 4.90. The first-order valence-corrected chi connectivity index (χ1v) is 5.55. The summed E-state index contributed by atoms with van der Waals surface area (Å²) in [6, 6.07) is 0. The molecule has 0 aliphatic carbocycles. The van der Waals surface area contributed by atoms with Crippen LogP contribution in [0.1, 0.15) is 24.5 Å². The molecule has 16 heavy (non-hydrogen) atoms. The molecule has 2 heterocycles. The Morgan fingerprint density at radius 2 is 2.25 bits per heavy atom. The van der Waals surface area contributed by atoms with E-state index >= 15 is 0 Å². The standard InChI is InChI=1S/C10H18N4O2/c1-15-10(3-6-16-7-4-10)9-12-8(2-5-11)13-14-9/h2-7,11H2,1H3,(H,12,13,14). The summed E-state index contributed by atoms with van der Waals surface area (Å²) < 4.78 is 10.9. The van der Waals surface area contributed by atoms with Crippen molar-refractivity contribution in [1.82, 2.24) is 15.2 Å². The molecule has 3 N–H and O–H groups in total. The van der Waals surface area contributed by atoms with Crippen molar-refractivity contribution in [2.45, 2.75) is 24.9 Å². The summed E-state index contributed by atoms with van der Waals surface area (Å²) in [4.78, 5) is 4.44. The molecule has 1 aliphatic heterocycles. The lowest BCUT2D eigenvalue weighted by atomic mass is 9.93. The topological polar surface area (TPSA) is 86.0 Å². The fourth-order valence-electron chi connectivity index (χ4n) is 1.97. The van der Waals surface area contributed by atoms with Gasteiger partial charge in [-0.2, -0.15) is 5.10 Å². The van der Waals surface area contributed by atoms with Gasteiger partial charge >= 0.3 is 0 Å². The first-order chi connectivity index (χ1) is 7.80. The molecular formula is C10H18N4O2. The van der Waals surface area contributed by atoms with Crippen LogP contribution in [0, 0.1) is 0 Å². The number of rotatable bonds is 4. The lowest BCUT2D eigenvalue weighted by Crippen LogP contribution is -2.36. The summed E-state index contributed by atoms with van der Waals surface area (Å²) in [7, 11) is 1.70. The van der Waals surface area contributed by atoms with Crippen LogP contribution in [0.3, 0.4) is 0 Å². The Morgan fingerprint density at radius 3 is 2.88 bits per heavy atom. The van der Waals surface area contributed by atoms with Crippen LogP contribution in [-0.2, 0) is 21.5 Å². The molecule has 6 heteroatoms. The summed E-state index contributed by atoms with van der Waals surface area (Å²) in [5.74, 6) is 1.54. The van der Waals surface area contributed by atoms with Crippen molar-refractivity contribution in [3.05, 3.63) is 11.6 Å². The first kappa shape index (κ1) is 11.5. The largest absolute Gasteiger partial charge is 0.381 e. The number of nitrogens with zero attached hydrogens (tertiary/aromatic N) is 2. The molecule has 1 saturated heterocycles. The summed E-state index contributed by atoms with van der Waals surface area (Å²) >= 11 is 0. The van der Waals surface area contributed by atoms with Crippen LogP contribution in [0.15, 0.2) is 0 Å². The van der Waals surface area contributed by atoms with Gasteiger partial charge in [0, 0.05) is 39.6 Å². The molecule has 0 bridgehead atoms. The van der Waals surface area contributed by atoms with Crippen molar-refractivity contribution in [3.63, 3.8) is 0 Å². The van der Waals surface area contributed by atoms with E-state index in [2.05, 4.69) is 15.2 Å². The highest BCUT2D eigenvalue weighted by Gasteiger charge is 2.38. The molecule has 0 spiro atoms. The molecule has 6 nitrogen and oxygen atoms in total. The predicted octanol–water partition coefficient (Wildman–Crippen LogP) is -0.0420. The number of nitrogens with one attached hydrogen (secondary N) is 1. The van der Waals surface area contributed by atoms with Crippen LogP contribution in [0.4, 0.5) is 0 Å². The molecule has 90 valence electrons. The Hall–Kier alpha value is -0.980. The number of hydrogen-bond acceptors (Lipinski definition) is 5. The second-order valence-corrected chi connectivity index (χ2v) is 3.96. The van der Waals surface area contributed by atoms with E-state index in [9.17, 15) is 0 Å². The Balaban J connectivity index is 2.18. The van der Waals surface area contributed by atoms with Gasteiger partial charge in [0.1, 0.15) is 11.4 Å². The van der Waals surface area contributed by atoms with E-state index in [1.807, 2.05) is 0 Å². The van der Waals surface area contributed by atoms with Gasteiger partial charge in [0.05, 0.1) is 0 Å². The third-order valence-electron chi connectivity index (χ3n) is 3.01. The predicted molar refractivity (Wildman–Crippen MR) is 57.9 cm³/mol. The molecule has 0 saturated carbocycles. The average Bonchev–Trinajstić information content (AvgIpc) is 2.80. The molecule has 0 aromatic carbocycles. The monoisotopic (exact) mass is 226 g/mol. The van der Waals surface area contributed by atoms with E-state index in [1.165, 1.54) is 0 Å². The van der Waals surface area contributed by atoms with Gasteiger partial charge in [0.15, 0.2) is 5.82 Å². The molecule has 0 unspecified atom stereocenters. The molecule has 1 aromatic heterocycles. The van der Waals surface area contributed by atoms with E-state index in [1.54, 1.807) is 7.11 Å². The Kier molecular flexibility index (Phi) is 3.52. The van der Waals surface area contributed by atoms with E-state index < -0.39 is 0 Å². The Bertz CT molecular complexity index is 333. The first-order valence-electron chi connectivity index (χ1n) is 5.55. The van der Waals surface area contributed by atoms with Crippen molar-refractivity contribution < 1.29 is 9.47 Å². The molecule has 0 atom stereocenters. The van der Waals surface area contributed by atoms with Gasteiger partial charge in [0.25, 0.3) is 0 Å². The Morgan fingerprint density at radius 1 is 1.50 bits per heavy atom. The van der Waals surface area contributed by atoms with Crippen LogP contribution in [-0.4, -0.2) is 42.0 Å². The van der Waals surface area contributed by atoms with Crippen LogP contribution >= 0.6 is 0 Å². The van der Waals surface area contributed by atoms with Gasteiger partial charge in [-0.05, 0) is 6.54 Å². The fourth-order valence-corrected chi connectivity index (χ4v) is 1.97. The summed E-state index contributed by atoms with van der Waals surface area (Å²) in [6.45, 7) is 1.95.